The number of hydrogen-bond acceptors (Lipinski definition) is 3. The Morgan fingerprint density at radius 2 is 2.05 bits per heavy atom. The highest BCUT2D eigenvalue weighted by molar-refractivity contribution is 7.98. The summed E-state index contributed by atoms with van der Waals surface area (Å²) in [7, 11) is 0. The van der Waals surface area contributed by atoms with Gasteiger partial charge in [0.2, 0.25) is 0 Å². The number of anilines is 1. The smallest absolute Gasteiger partial charge is 0.335 e. The molecule has 0 saturated heterocycles. The summed E-state index contributed by atoms with van der Waals surface area (Å²) in [6.07, 6.45) is 6.97. The van der Waals surface area contributed by atoms with E-state index in [1.165, 1.54) is 31.1 Å². The minimum absolute atomic E-state index is 0.215. The van der Waals surface area contributed by atoms with Crippen molar-refractivity contribution in [3.8, 4) is 0 Å². The number of thioether (sulfide) groups is 1. The number of halogens is 1. The highest BCUT2D eigenvalue weighted by Crippen LogP contribution is 2.23. The third-order valence-electron chi connectivity index (χ3n) is 2.81. The SMILES string of the molecule is CSCCCCCCNc1ccc(C(=O)O)cc1Cl. The van der Waals surface area contributed by atoms with Crippen molar-refractivity contribution >= 4 is 35.0 Å². The molecule has 106 valence electrons. The third kappa shape index (κ3) is 6.21. The predicted octanol–water partition coefficient (Wildman–Crippen LogP) is 4.37. The average molecular weight is 302 g/mol. The maximum atomic E-state index is 10.8. The zero-order valence-electron chi connectivity index (χ0n) is 11.1. The fraction of sp³-hybridized carbons (Fsp3) is 0.500. The van der Waals surface area contributed by atoms with Gasteiger partial charge in [0.25, 0.3) is 0 Å². The number of carboxylic acid groups (broad SMARTS) is 1. The van der Waals surface area contributed by atoms with Gasteiger partial charge in [-0.15, -0.1) is 0 Å². The van der Waals surface area contributed by atoms with Gasteiger partial charge in [-0.1, -0.05) is 24.4 Å². The van der Waals surface area contributed by atoms with Gasteiger partial charge in [-0.3, -0.25) is 0 Å². The van der Waals surface area contributed by atoms with Crippen LogP contribution in [0.3, 0.4) is 0 Å². The monoisotopic (exact) mass is 301 g/mol. The molecule has 0 amide bonds. The van der Waals surface area contributed by atoms with Gasteiger partial charge < -0.3 is 10.4 Å². The molecular formula is C14H20ClNO2S. The number of rotatable bonds is 9. The van der Waals surface area contributed by atoms with Crippen LogP contribution in [-0.4, -0.2) is 29.6 Å². The first-order chi connectivity index (χ1) is 9.15. The number of nitrogens with one attached hydrogen (secondary N) is 1. The molecular weight excluding hydrogens is 282 g/mol. The van der Waals surface area contributed by atoms with E-state index in [0.717, 1.165) is 18.7 Å². The van der Waals surface area contributed by atoms with Crippen LogP contribution in [0.2, 0.25) is 5.02 Å². The summed E-state index contributed by atoms with van der Waals surface area (Å²) in [4.78, 5) is 10.8. The van der Waals surface area contributed by atoms with Gasteiger partial charge in [0.15, 0.2) is 0 Å². The summed E-state index contributed by atoms with van der Waals surface area (Å²) < 4.78 is 0. The molecule has 0 aliphatic rings. The highest BCUT2D eigenvalue weighted by Gasteiger charge is 2.06. The zero-order valence-corrected chi connectivity index (χ0v) is 12.7. The van der Waals surface area contributed by atoms with Crippen LogP contribution in [-0.2, 0) is 0 Å². The second-order valence-electron chi connectivity index (χ2n) is 4.33. The lowest BCUT2D eigenvalue weighted by molar-refractivity contribution is 0.0697. The van der Waals surface area contributed by atoms with Crippen molar-refractivity contribution in [1.29, 1.82) is 0 Å². The van der Waals surface area contributed by atoms with Crippen LogP contribution in [0.1, 0.15) is 36.0 Å². The molecule has 0 aromatic heterocycles. The van der Waals surface area contributed by atoms with Gasteiger partial charge in [0.1, 0.15) is 0 Å². The molecule has 0 bridgehead atoms. The third-order valence-corrected chi connectivity index (χ3v) is 3.82. The maximum absolute atomic E-state index is 10.8. The van der Waals surface area contributed by atoms with Crippen LogP contribution in [0.5, 0.6) is 0 Å². The van der Waals surface area contributed by atoms with E-state index >= 15 is 0 Å². The fourth-order valence-electron chi connectivity index (χ4n) is 1.74. The first kappa shape index (κ1) is 16.2. The Labute approximate surface area is 123 Å². The van der Waals surface area contributed by atoms with Crippen molar-refractivity contribution < 1.29 is 9.90 Å². The molecule has 3 nitrogen and oxygen atoms in total. The minimum atomic E-state index is -0.956. The van der Waals surface area contributed by atoms with E-state index in [4.69, 9.17) is 16.7 Å². The number of hydrogen-bond donors (Lipinski definition) is 2. The quantitative estimate of drug-likeness (QED) is 0.665. The minimum Gasteiger partial charge on any atom is -0.478 e. The van der Waals surface area contributed by atoms with Crippen molar-refractivity contribution in [3.63, 3.8) is 0 Å². The van der Waals surface area contributed by atoms with Crippen molar-refractivity contribution in [2.24, 2.45) is 0 Å². The summed E-state index contributed by atoms with van der Waals surface area (Å²) in [5.41, 5.74) is 1.02. The van der Waals surface area contributed by atoms with Crippen molar-refractivity contribution in [3.05, 3.63) is 28.8 Å². The summed E-state index contributed by atoms with van der Waals surface area (Å²) in [5, 5.41) is 12.5. The molecule has 0 radical (unpaired) electrons. The molecule has 1 aromatic rings. The molecule has 0 saturated carbocycles. The predicted molar refractivity (Wildman–Crippen MR) is 83.8 cm³/mol. The van der Waals surface area contributed by atoms with Crippen molar-refractivity contribution in [2.45, 2.75) is 25.7 Å². The summed E-state index contributed by atoms with van der Waals surface area (Å²) >= 11 is 7.91. The molecule has 0 unspecified atom stereocenters. The van der Waals surface area contributed by atoms with E-state index < -0.39 is 5.97 Å². The maximum Gasteiger partial charge on any atom is 0.335 e. The normalized spacial score (nSPS) is 10.4. The van der Waals surface area contributed by atoms with E-state index in [0.29, 0.717) is 5.02 Å². The Bertz CT molecular complexity index is 412. The van der Waals surface area contributed by atoms with Crippen LogP contribution >= 0.6 is 23.4 Å². The highest BCUT2D eigenvalue weighted by atomic mass is 35.5. The zero-order chi connectivity index (χ0) is 14.1. The van der Waals surface area contributed by atoms with Gasteiger partial charge >= 0.3 is 5.97 Å². The van der Waals surface area contributed by atoms with Gasteiger partial charge in [0, 0.05) is 6.54 Å². The molecule has 0 aliphatic carbocycles. The van der Waals surface area contributed by atoms with Crippen LogP contribution in [0.4, 0.5) is 5.69 Å². The molecule has 0 fully saturated rings. The number of carbonyl (C=O) groups is 1. The molecule has 19 heavy (non-hydrogen) atoms. The molecule has 0 atom stereocenters. The van der Waals surface area contributed by atoms with Crippen molar-refractivity contribution in [2.75, 3.05) is 23.9 Å². The first-order valence-corrected chi connectivity index (χ1v) is 8.18. The molecule has 2 N–H and O–H groups in total. The van der Waals surface area contributed by atoms with Crippen LogP contribution in [0.25, 0.3) is 0 Å². The number of carboxylic acids is 1. The number of unbranched alkanes of at least 4 members (excludes halogenated alkanes) is 3. The first-order valence-electron chi connectivity index (χ1n) is 6.41. The molecule has 0 heterocycles. The van der Waals surface area contributed by atoms with E-state index in [2.05, 4.69) is 11.6 Å². The second-order valence-corrected chi connectivity index (χ2v) is 5.73. The Balaban J connectivity index is 2.28. The Morgan fingerprint density at radius 1 is 1.32 bits per heavy atom. The lowest BCUT2D eigenvalue weighted by atomic mass is 10.2. The van der Waals surface area contributed by atoms with Crippen LogP contribution < -0.4 is 5.32 Å². The van der Waals surface area contributed by atoms with Crippen LogP contribution in [0, 0.1) is 0 Å². The fourth-order valence-corrected chi connectivity index (χ4v) is 2.48. The summed E-state index contributed by atoms with van der Waals surface area (Å²) in [5.74, 6) is 0.276. The molecule has 0 aliphatic heterocycles. The topological polar surface area (TPSA) is 49.3 Å². The molecule has 1 aromatic carbocycles. The number of benzene rings is 1. The molecule has 0 spiro atoms. The van der Waals surface area contributed by atoms with E-state index in [1.54, 1.807) is 12.1 Å². The molecule has 1 rings (SSSR count). The Morgan fingerprint density at radius 3 is 2.68 bits per heavy atom. The van der Waals surface area contributed by atoms with Gasteiger partial charge in [0.05, 0.1) is 16.3 Å². The second kappa shape index (κ2) is 9.10. The number of aromatic carboxylic acids is 1. The van der Waals surface area contributed by atoms with Crippen molar-refractivity contribution in [1.82, 2.24) is 0 Å². The molecule has 5 heteroatoms. The van der Waals surface area contributed by atoms with E-state index in [-0.39, 0.29) is 5.56 Å². The van der Waals surface area contributed by atoms with Gasteiger partial charge in [-0.25, -0.2) is 4.79 Å². The lowest BCUT2D eigenvalue weighted by Gasteiger charge is -2.08. The standard InChI is InChI=1S/C14H20ClNO2S/c1-19-9-5-3-2-4-8-16-13-7-6-11(14(17)18)10-12(13)15/h6-7,10,16H,2-5,8-9H2,1H3,(H,17,18). The van der Waals surface area contributed by atoms with Gasteiger partial charge in [-0.05, 0) is 43.0 Å². The lowest BCUT2D eigenvalue weighted by Crippen LogP contribution is -2.03. The Kier molecular flexibility index (Phi) is 7.75. The largest absolute Gasteiger partial charge is 0.478 e. The summed E-state index contributed by atoms with van der Waals surface area (Å²) in [6.45, 7) is 0.866. The van der Waals surface area contributed by atoms with E-state index in [1.807, 2.05) is 11.8 Å². The average Bonchev–Trinajstić information content (AvgIpc) is 2.39. The Hall–Kier alpha value is -0.870. The summed E-state index contributed by atoms with van der Waals surface area (Å²) in [6, 6.07) is 4.76. The van der Waals surface area contributed by atoms with E-state index in [9.17, 15) is 4.79 Å². The van der Waals surface area contributed by atoms with Gasteiger partial charge in [-0.2, -0.15) is 11.8 Å². The van der Waals surface area contributed by atoms with Crippen LogP contribution in [0.15, 0.2) is 18.2 Å².